The highest BCUT2D eigenvalue weighted by Gasteiger charge is 2.42. The molecule has 2 rings (SSSR count). The standard InChI is InChI=1S/C15H19NO3S/c1-3-13-16(12(9-20-13)15(18)19)14(17)10(2)11-7-5-4-6-8-11/h4-8,10,12-13H,3,9H2,1-2H3,(H,18,19). The van der Waals surface area contributed by atoms with E-state index in [1.807, 2.05) is 44.2 Å². The second-order valence-electron chi connectivity index (χ2n) is 4.93. The second kappa shape index (κ2) is 6.31. The number of hydrogen-bond donors (Lipinski definition) is 1. The lowest BCUT2D eigenvalue weighted by atomic mass is 9.99. The Balaban J connectivity index is 2.23. The molecule has 5 heteroatoms. The highest BCUT2D eigenvalue weighted by molar-refractivity contribution is 8.00. The minimum absolute atomic E-state index is 0.0326. The molecule has 1 heterocycles. The van der Waals surface area contributed by atoms with Crippen LogP contribution in [0.15, 0.2) is 30.3 Å². The van der Waals surface area contributed by atoms with E-state index in [4.69, 9.17) is 0 Å². The first-order chi connectivity index (χ1) is 9.56. The molecule has 1 aromatic rings. The monoisotopic (exact) mass is 293 g/mol. The molecule has 1 aliphatic heterocycles. The molecule has 0 bridgehead atoms. The molecule has 0 radical (unpaired) electrons. The number of nitrogens with zero attached hydrogens (tertiary/aromatic N) is 1. The number of aliphatic carboxylic acids is 1. The molecule has 1 saturated heterocycles. The number of carboxylic acid groups (broad SMARTS) is 1. The second-order valence-corrected chi connectivity index (χ2v) is 6.14. The molecule has 1 amide bonds. The van der Waals surface area contributed by atoms with Crippen molar-refractivity contribution in [3.8, 4) is 0 Å². The molecule has 0 aromatic heterocycles. The van der Waals surface area contributed by atoms with Gasteiger partial charge in [-0.05, 0) is 18.9 Å². The van der Waals surface area contributed by atoms with Gasteiger partial charge in [0.1, 0.15) is 6.04 Å². The predicted molar refractivity (Wildman–Crippen MR) is 79.7 cm³/mol. The lowest BCUT2D eigenvalue weighted by molar-refractivity contribution is -0.149. The maximum Gasteiger partial charge on any atom is 0.327 e. The molecule has 1 aromatic carbocycles. The minimum atomic E-state index is -0.915. The molecule has 3 unspecified atom stereocenters. The van der Waals surface area contributed by atoms with Gasteiger partial charge in [-0.3, -0.25) is 4.79 Å². The van der Waals surface area contributed by atoms with Gasteiger partial charge in [0, 0.05) is 5.75 Å². The van der Waals surface area contributed by atoms with Crippen molar-refractivity contribution in [1.29, 1.82) is 0 Å². The van der Waals surface area contributed by atoms with Crippen molar-refractivity contribution in [3.05, 3.63) is 35.9 Å². The van der Waals surface area contributed by atoms with Gasteiger partial charge in [-0.25, -0.2) is 4.79 Å². The van der Waals surface area contributed by atoms with E-state index in [0.717, 1.165) is 12.0 Å². The number of carboxylic acids is 1. The zero-order valence-electron chi connectivity index (χ0n) is 11.7. The van der Waals surface area contributed by atoms with Gasteiger partial charge in [-0.2, -0.15) is 0 Å². The molecular weight excluding hydrogens is 274 g/mol. The Morgan fingerprint density at radius 2 is 2.05 bits per heavy atom. The van der Waals surface area contributed by atoms with E-state index in [0.29, 0.717) is 5.75 Å². The van der Waals surface area contributed by atoms with Crippen molar-refractivity contribution in [2.75, 3.05) is 5.75 Å². The van der Waals surface area contributed by atoms with Crippen molar-refractivity contribution < 1.29 is 14.7 Å². The van der Waals surface area contributed by atoms with Crippen LogP contribution in [0.3, 0.4) is 0 Å². The summed E-state index contributed by atoms with van der Waals surface area (Å²) in [6.07, 6.45) is 0.766. The van der Waals surface area contributed by atoms with Crippen molar-refractivity contribution in [2.45, 2.75) is 37.6 Å². The normalized spacial score (nSPS) is 23.6. The Hall–Kier alpha value is -1.49. The Bertz CT molecular complexity index is 491. The van der Waals surface area contributed by atoms with Gasteiger partial charge in [0.05, 0.1) is 11.3 Å². The van der Waals surface area contributed by atoms with Crippen molar-refractivity contribution in [1.82, 2.24) is 4.90 Å². The third kappa shape index (κ3) is 2.82. The first-order valence-electron chi connectivity index (χ1n) is 6.77. The molecule has 3 atom stereocenters. The van der Waals surface area contributed by atoms with Crippen molar-refractivity contribution in [2.24, 2.45) is 0 Å². The van der Waals surface area contributed by atoms with Crippen LogP contribution in [0.2, 0.25) is 0 Å². The Kier molecular flexibility index (Phi) is 4.70. The predicted octanol–water partition coefficient (Wildman–Crippen LogP) is 2.55. The largest absolute Gasteiger partial charge is 0.480 e. The smallest absolute Gasteiger partial charge is 0.327 e. The molecule has 0 spiro atoms. The number of amides is 1. The van der Waals surface area contributed by atoms with Gasteiger partial charge in [0.25, 0.3) is 0 Å². The lowest BCUT2D eigenvalue weighted by Crippen LogP contribution is -2.47. The summed E-state index contributed by atoms with van der Waals surface area (Å²) >= 11 is 1.55. The van der Waals surface area contributed by atoms with Crippen LogP contribution in [-0.4, -0.2) is 39.1 Å². The molecule has 4 nitrogen and oxygen atoms in total. The average Bonchev–Trinajstić information content (AvgIpc) is 2.90. The van der Waals surface area contributed by atoms with Crippen LogP contribution in [0.25, 0.3) is 0 Å². The summed E-state index contributed by atoms with van der Waals surface area (Å²) in [6, 6.07) is 8.79. The number of carbonyl (C=O) groups is 2. The molecule has 1 N–H and O–H groups in total. The molecule has 108 valence electrons. The van der Waals surface area contributed by atoms with E-state index in [1.165, 1.54) is 0 Å². The van der Waals surface area contributed by atoms with E-state index in [9.17, 15) is 14.7 Å². The third-order valence-corrected chi connectivity index (χ3v) is 5.10. The maximum absolute atomic E-state index is 12.7. The Labute approximate surface area is 123 Å². The van der Waals surface area contributed by atoms with Crippen molar-refractivity contribution >= 4 is 23.6 Å². The van der Waals surface area contributed by atoms with Crippen molar-refractivity contribution in [3.63, 3.8) is 0 Å². The molecule has 1 aliphatic rings. The van der Waals surface area contributed by atoms with Gasteiger partial charge in [-0.15, -0.1) is 11.8 Å². The summed E-state index contributed by atoms with van der Waals surface area (Å²) in [5.41, 5.74) is 0.924. The number of rotatable bonds is 4. The van der Waals surface area contributed by atoms with E-state index < -0.39 is 12.0 Å². The summed E-state index contributed by atoms with van der Waals surface area (Å²) < 4.78 is 0. The van der Waals surface area contributed by atoms with Crippen LogP contribution in [0.4, 0.5) is 0 Å². The number of carbonyl (C=O) groups excluding carboxylic acids is 1. The topological polar surface area (TPSA) is 57.6 Å². The van der Waals surface area contributed by atoms with Crippen LogP contribution in [-0.2, 0) is 9.59 Å². The Morgan fingerprint density at radius 3 is 2.60 bits per heavy atom. The third-order valence-electron chi connectivity index (χ3n) is 3.65. The fourth-order valence-electron chi connectivity index (χ4n) is 2.47. The summed E-state index contributed by atoms with van der Waals surface area (Å²) in [4.78, 5) is 25.6. The van der Waals surface area contributed by atoms with Gasteiger partial charge in [0.2, 0.25) is 5.91 Å². The zero-order chi connectivity index (χ0) is 14.7. The number of benzene rings is 1. The van der Waals surface area contributed by atoms with E-state index in [1.54, 1.807) is 16.7 Å². The van der Waals surface area contributed by atoms with Gasteiger partial charge >= 0.3 is 5.97 Å². The molecule has 1 fully saturated rings. The van der Waals surface area contributed by atoms with E-state index in [2.05, 4.69) is 0 Å². The summed E-state index contributed by atoms with van der Waals surface area (Å²) in [7, 11) is 0. The van der Waals surface area contributed by atoms with Crippen LogP contribution in [0.1, 0.15) is 31.7 Å². The highest BCUT2D eigenvalue weighted by atomic mass is 32.2. The van der Waals surface area contributed by atoms with Crippen LogP contribution >= 0.6 is 11.8 Å². The SMILES string of the molecule is CCC1SCC(C(=O)O)N1C(=O)C(C)c1ccccc1. The van der Waals surface area contributed by atoms with E-state index in [-0.39, 0.29) is 17.2 Å². The van der Waals surface area contributed by atoms with Crippen LogP contribution in [0.5, 0.6) is 0 Å². The highest BCUT2D eigenvalue weighted by Crippen LogP contribution is 2.34. The zero-order valence-corrected chi connectivity index (χ0v) is 12.5. The summed E-state index contributed by atoms with van der Waals surface area (Å²) in [5.74, 6) is -0.852. The Morgan fingerprint density at radius 1 is 1.40 bits per heavy atom. The first kappa shape index (κ1) is 14.9. The first-order valence-corrected chi connectivity index (χ1v) is 7.82. The molecule has 20 heavy (non-hydrogen) atoms. The quantitative estimate of drug-likeness (QED) is 0.927. The van der Waals surface area contributed by atoms with E-state index >= 15 is 0 Å². The van der Waals surface area contributed by atoms with Gasteiger partial charge in [0.15, 0.2) is 0 Å². The minimum Gasteiger partial charge on any atom is -0.480 e. The fraction of sp³-hybridized carbons (Fsp3) is 0.467. The lowest BCUT2D eigenvalue weighted by Gasteiger charge is -2.29. The summed E-state index contributed by atoms with van der Waals surface area (Å²) in [5, 5.41) is 9.26. The van der Waals surface area contributed by atoms with Crippen LogP contribution < -0.4 is 0 Å². The summed E-state index contributed by atoms with van der Waals surface area (Å²) in [6.45, 7) is 3.82. The van der Waals surface area contributed by atoms with Gasteiger partial charge < -0.3 is 10.0 Å². The number of thioether (sulfide) groups is 1. The average molecular weight is 293 g/mol. The molecular formula is C15H19NO3S. The number of hydrogen-bond acceptors (Lipinski definition) is 3. The molecule has 0 saturated carbocycles. The van der Waals surface area contributed by atoms with Gasteiger partial charge in [-0.1, -0.05) is 37.3 Å². The molecule has 0 aliphatic carbocycles. The van der Waals surface area contributed by atoms with Crippen LogP contribution in [0, 0.1) is 0 Å². The maximum atomic E-state index is 12.7. The fourth-order valence-corrected chi connectivity index (χ4v) is 3.83.